The minimum absolute atomic E-state index is 0.0796. The highest BCUT2D eigenvalue weighted by atomic mass is 79.9. The lowest BCUT2D eigenvalue weighted by molar-refractivity contribution is -0.121. The van der Waals surface area contributed by atoms with Crippen LogP contribution in [0.25, 0.3) is 0 Å². The van der Waals surface area contributed by atoms with Crippen LogP contribution in [0.4, 0.5) is 5.82 Å². The number of ether oxygens (including phenoxy) is 1. The maximum Gasteiger partial charge on any atom is 0.228 e. The number of hydrogen-bond acceptors (Lipinski definition) is 4. The molecule has 2 atom stereocenters. The van der Waals surface area contributed by atoms with Gasteiger partial charge in [0.2, 0.25) is 5.91 Å². The van der Waals surface area contributed by atoms with Crippen molar-refractivity contribution < 1.29 is 9.53 Å². The van der Waals surface area contributed by atoms with E-state index in [1.54, 1.807) is 6.20 Å². The third kappa shape index (κ3) is 5.76. The highest BCUT2D eigenvalue weighted by Gasteiger charge is 2.26. The smallest absolute Gasteiger partial charge is 0.228 e. The Kier molecular flexibility index (Phi) is 7.46. The zero-order valence-electron chi connectivity index (χ0n) is 15.6. The first-order chi connectivity index (χ1) is 12.6. The molecule has 1 aromatic rings. The predicted octanol–water partition coefficient (Wildman–Crippen LogP) is 4.09. The van der Waals surface area contributed by atoms with Crippen molar-refractivity contribution in [3.63, 3.8) is 0 Å². The van der Waals surface area contributed by atoms with Gasteiger partial charge in [-0.2, -0.15) is 0 Å². The molecule has 0 radical (unpaired) electrons. The maximum atomic E-state index is 12.4. The molecular weight excluding hydrogens is 394 g/mol. The summed E-state index contributed by atoms with van der Waals surface area (Å²) in [5.74, 6) is 1.49. The molecule has 1 N–H and O–H groups in total. The Balaban J connectivity index is 1.34. The predicted molar refractivity (Wildman–Crippen MR) is 107 cm³/mol. The van der Waals surface area contributed by atoms with E-state index < -0.39 is 0 Å². The summed E-state index contributed by atoms with van der Waals surface area (Å²) in [6, 6.07) is 3.71. The van der Waals surface area contributed by atoms with Crippen molar-refractivity contribution in [2.24, 2.45) is 11.8 Å². The Morgan fingerprint density at radius 2 is 2.04 bits per heavy atom. The van der Waals surface area contributed by atoms with Crippen molar-refractivity contribution >= 4 is 27.7 Å². The second kappa shape index (κ2) is 9.81. The van der Waals surface area contributed by atoms with Gasteiger partial charge in [-0.05, 0) is 72.8 Å². The van der Waals surface area contributed by atoms with E-state index in [9.17, 15) is 4.79 Å². The number of rotatable bonds is 6. The fraction of sp³-hybridized carbons (Fsp3) is 0.700. The molecule has 1 aromatic heterocycles. The van der Waals surface area contributed by atoms with Crippen LogP contribution in [0.3, 0.4) is 0 Å². The molecule has 0 aromatic carbocycles. The van der Waals surface area contributed by atoms with Crippen LogP contribution in [0.2, 0.25) is 0 Å². The lowest BCUT2D eigenvalue weighted by Crippen LogP contribution is -2.40. The molecule has 3 rings (SSSR count). The van der Waals surface area contributed by atoms with E-state index in [1.165, 1.54) is 25.7 Å². The van der Waals surface area contributed by atoms with Crippen molar-refractivity contribution in [1.29, 1.82) is 0 Å². The summed E-state index contributed by atoms with van der Waals surface area (Å²) in [6.45, 7) is 6.04. The van der Waals surface area contributed by atoms with E-state index in [-0.39, 0.29) is 11.8 Å². The highest BCUT2D eigenvalue weighted by Crippen LogP contribution is 2.26. The first-order valence-corrected chi connectivity index (χ1v) is 10.7. The molecule has 6 heteroatoms. The summed E-state index contributed by atoms with van der Waals surface area (Å²) >= 11 is 3.35. The number of nitrogens with zero attached hydrogens (tertiary/aromatic N) is 2. The average Bonchev–Trinajstić information content (AvgIpc) is 2.66. The molecule has 1 aliphatic heterocycles. The Labute approximate surface area is 165 Å². The van der Waals surface area contributed by atoms with Gasteiger partial charge in [0.05, 0.1) is 12.7 Å². The van der Waals surface area contributed by atoms with Crippen LogP contribution >= 0.6 is 15.9 Å². The third-order valence-corrected chi connectivity index (χ3v) is 6.18. The monoisotopic (exact) mass is 423 g/mol. The first-order valence-electron chi connectivity index (χ1n) is 9.88. The molecule has 5 nitrogen and oxygen atoms in total. The number of piperidine rings is 1. The van der Waals surface area contributed by atoms with Crippen LogP contribution in [-0.2, 0) is 9.53 Å². The number of nitrogens with one attached hydrogen (secondary N) is 1. The van der Waals surface area contributed by atoms with E-state index in [0.717, 1.165) is 43.6 Å². The number of likely N-dealkylation sites (tertiary alicyclic amines) is 1. The first kappa shape index (κ1) is 19.8. The number of anilines is 1. The van der Waals surface area contributed by atoms with Gasteiger partial charge in [0, 0.05) is 23.1 Å². The SMILES string of the molecule is CC1CCCCC1OCCN1CCC(C(=O)Nc2ccc(Br)cn2)CC1. The van der Waals surface area contributed by atoms with Crippen molar-refractivity contribution in [2.45, 2.75) is 51.6 Å². The van der Waals surface area contributed by atoms with Crippen LogP contribution in [0.15, 0.2) is 22.8 Å². The van der Waals surface area contributed by atoms with Gasteiger partial charge in [0.1, 0.15) is 5.82 Å². The Morgan fingerprint density at radius 3 is 2.73 bits per heavy atom. The second-order valence-electron chi connectivity index (χ2n) is 7.64. The van der Waals surface area contributed by atoms with Crippen molar-refractivity contribution in [1.82, 2.24) is 9.88 Å². The van der Waals surface area contributed by atoms with Crippen LogP contribution < -0.4 is 5.32 Å². The number of carbonyl (C=O) groups excluding carboxylic acids is 1. The number of amides is 1. The zero-order valence-corrected chi connectivity index (χ0v) is 17.2. The van der Waals surface area contributed by atoms with Gasteiger partial charge >= 0.3 is 0 Å². The summed E-state index contributed by atoms with van der Waals surface area (Å²) in [4.78, 5) is 19.0. The lowest BCUT2D eigenvalue weighted by atomic mass is 9.88. The fourth-order valence-electron chi connectivity index (χ4n) is 3.96. The normalized spacial score (nSPS) is 25.2. The highest BCUT2D eigenvalue weighted by molar-refractivity contribution is 9.10. The Hall–Kier alpha value is -0.980. The number of carbonyl (C=O) groups is 1. The number of aromatic nitrogens is 1. The van der Waals surface area contributed by atoms with Gasteiger partial charge in [-0.15, -0.1) is 0 Å². The van der Waals surface area contributed by atoms with E-state index in [2.05, 4.69) is 38.1 Å². The van der Waals surface area contributed by atoms with E-state index >= 15 is 0 Å². The van der Waals surface area contributed by atoms with E-state index in [1.807, 2.05) is 12.1 Å². The quantitative estimate of drug-likeness (QED) is 0.748. The minimum atomic E-state index is 0.0796. The second-order valence-corrected chi connectivity index (χ2v) is 8.55. The molecule has 1 aliphatic carbocycles. The number of halogens is 1. The van der Waals surface area contributed by atoms with Crippen LogP contribution in [-0.4, -0.2) is 48.1 Å². The van der Waals surface area contributed by atoms with Gasteiger partial charge in [0.15, 0.2) is 0 Å². The molecule has 1 saturated carbocycles. The van der Waals surface area contributed by atoms with Gasteiger partial charge in [-0.25, -0.2) is 4.98 Å². The fourth-order valence-corrected chi connectivity index (χ4v) is 4.19. The zero-order chi connectivity index (χ0) is 18.4. The van der Waals surface area contributed by atoms with Crippen molar-refractivity contribution in [3.05, 3.63) is 22.8 Å². The number of pyridine rings is 1. The summed E-state index contributed by atoms with van der Waals surface area (Å²) in [5, 5.41) is 2.93. The largest absolute Gasteiger partial charge is 0.377 e. The lowest BCUT2D eigenvalue weighted by Gasteiger charge is -2.33. The molecule has 2 aliphatic rings. The molecule has 144 valence electrons. The molecule has 1 saturated heterocycles. The van der Waals surface area contributed by atoms with Gasteiger partial charge in [-0.1, -0.05) is 19.8 Å². The van der Waals surface area contributed by atoms with E-state index in [4.69, 9.17) is 4.74 Å². The van der Waals surface area contributed by atoms with Crippen molar-refractivity contribution in [3.8, 4) is 0 Å². The van der Waals surface area contributed by atoms with Gasteiger partial charge in [-0.3, -0.25) is 4.79 Å². The van der Waals surface area contributed by atoms with Gasteiger partial charge < -0.3 is 15.0 Å². The Morgan fingerprint density at radius 1 is 1.27 bits per heavy atom. The van der Waals surface area contributed by atoms with Crippen LogP contribution in [0, 0.1) is 11.8 Å². The summed E-state index contributed by atoms with van der Waals surface area (Å²) in [6.07, 6.45) is 9.14. The molecular formula is C20H30BrN3O2. The van der Waals surface area contributed by atoms with Crippen LogP contribution in [0.1, 0.15) is 45.4 Å². The molecule has 2 fully saturated rings. The average molecular weight is 424 g/mol. The number of hydrogen-bond donors (Lipinski definition) is 1. The van der Waals surface area contributed by atoms with Crippen molar-refractivity contribution in [2.75, 3.05) is 31.6 Å². The molecule has 2 heterocycles. The molecule has 0 bridgehead atoms. The summed E-state index contributed by atoms with van der Waals surface area (Å²) in [5.41, 5.74) is 0. The summed E-state index contributed by atoms with van der Waals surface area (Å²) < 4.78 is 7.04. The maximum absolute atomic E-state index is 12.4. The molecule has 1 amide bonds. The Bertz CT molecular complexity index is 573. The minimum Gasteiger partial charge on any atom is -0.377 e. The topological polar surface area (TPSA) is 54.5 Å². The van der Waals surface area contributed by atoms with Crippen LogP contribution in [0.5, 0.6) is 0 Å². The summed E-state index contributed by atoms with van der Waals surface area (Å²) in [7, 11) is 0. The third-order valence-electron chi connectivity index (χ3n) is 5.71. The standard InChI is InChI=1S/C20H30BrN3O2/c1-15-4-2-3-5-18(15)26-13-12-24-10-8-16(9-11-24)20(25)23-19-7-6-17(21)14-22-19/h6-7,14-16,18H,2-5,8-13H2,1H3,(H,22,23,25). The molecule has 26 heavy (non-hydrogen) atoms. The van der Waals surface area contributed by atoms with E-state index in [0.29, 0.717) is 17.8 Å². The molecule has 2 unspecified atom stereocenters. The van der Waals surface area contributed by atoms with Gasteiger partial charge in [0.25, 0.3) is 0 Å². The molecule has 0 spiro atoms.